The Morgan fingerprint density at radius 2 is 2.27 bits per heavy atom. The Balaban J connectivity index is 2.52. The number of amides is 1. The number of carbonyl (C=O) groups excluding carboxylic acids is 1. The molecule has 11 heavy (non-hydrogen) atoms. The Morgan fingerprint density at radius 1 is 1.64 bits per heavy atom. The zero-order valence-electron chi connectivity index (χ0n) is 7.39. The summed E-state index contributed by atoms with van der Waals surface area (Å²) in [5.41, 5.74) is 0. The van der Waals surface area contributed by atoms with Gasteiger partial charge in [0.15, 0.2) is 0 Å². The van der Waals surface area contributed by atoms with E-state index >= 15 is 0 Å². The molecule has 1 rings (SSSR count). The highest BCUT2D eigenvalue weighted by molar-refractivity contribution is 7.99. The van der Waals surface area contributed by atoms with Crippen molar-refractivity contribution in [1.29, 1.82) is 0 Å². The van der Waals surface area contributed by atoms with Crippen molar-refractivity contribution in [3.63, 3.8) is 0 Å². The topological polar surface area (TPSA) is 20.3 Å². The van der Waals surface area contributed by atoms with E-state index in [1.807, 2.05) is 4.31 Å². The first-order valence-electron chi connectivity index (χ1n) is 4.04. The Morgan fingerprint density at radius 3 is 2.64 bits per heavy atom. The van der Waals surface area contributed by atoms with Gasteiger partial charge >= 0.3 is 0 Å². The zero-order valence-corrected chi connectivity index (χ0v) is 8.20. The monoisotopic (exact) mass is 173 g/mol. The Bertz CT molecular complexity index is 167. The predicted molar refractivity (Wildman–Crippen MR) is 48.3 cm³/mol. The summed E-state index contributed by atoms with van der Waals surface area (Å²) >= 11 is 1.68. The smallest absolute Gasteiger partial charge is 0.233 e. The molecule has 0 aliphatic carbocycles. The molecule has 0 aromatic heterocycles. The molecule has 1 heterocycles. The minimum absolute atomic E-state index is 0.131. The SMILES string of the molecule is CCCN1SC(C)(C)CC1=O. The van der Waals surface area contributed by atoms with Crippen molar-refractivity contribution in [2.24, 2.45) is 0 Å². The maximum atomic E-state index is 11.3. The van der Waals surface area contributed by atoms with Crippen LogP contribution in [0.5, 0.6) is 0 Å². The first-order valence-corrected chi connectivity index (χ1v) is 4.82. The Kier molecular flexibility index (Phi) is 2.47. The number of hydrogen-bond donors (Lipinski definition) is 0. The molecule has 1 amide bonds. The van der Waals surface area contributed by atoms with Crippen LogP contribution in [0.3, 0.4) is 0 Å². The molecule has 0 unspecified atom stereocenters. The summed E-state index contributed by atoms with van der Waals surface area (Å²) in [7, 11) is 0. The van der Waals surface area contributed by atoms with Gasteiger partial charge in [0.05, 0.1) is 0 Å². The van der Waals surface area contributed by atoms with Gasteiger partial charge in [-0.1, -0.05) is 6.92 Å². The van der Waals surface area contributed by atoms with Gasteiger partial charge in [0.25, 0.3) is 0 Å². The van der Waals surface area contributed by atoms with Crippen molar-refractivity contribution in [3.8, 4) is 0 Å². The summed E-state index contributed by atoms with van der Waals surface area (Å²) in [5, 5.41) is 0. The molecule has 1 fully saturated rings. The van der Waals surface area contributed by atoms with Gasteiger partial charge in [-0.2, -0.15) is 0 Å². The highest BCUT2D eigenvalue weighted by atomic mass is 32.2. The summed E-state index contributed by atoms with van der Waals surface area (Å²) in [5.74, 6) is 0.293. The molecule has 2 nitrogen and oxygen atoms in total. The highest BCUT2D eigenvalue weighted by Gasteiger charge is 2.36. The lowest BCUT2D eigenvalue weighted by Crippen LogP contribution is -2.18. The van der Waals surface area contributed by atoms with Crippen LogP contribution in [0.4, 0.5) is 0 Å². The predicted octanol–water partition coefficient (Wildman–Crippen LogP) is 2.06. The summed E-state index contributed by atoms with van der Waals surface area (Å²) in [6.07, 6.45) is 1.74. The third-order valence-electron chi connectivity index (χ3n) is 1.64. The van der Waals surface area contributed by atoms with Gasteiger partial charge in [-0.05, 0) is 32.2 Å². The lowest BCUT2D eigenvalue weighted by molar-refractivity contribution is -0.125. The lowest BCUT2D eigenvalue weighted by atomic mass is 10.1. The molecule has 64 valence electrons. The summed E-state index contributed by atoms with van der Waals surface area (Å²) in [6, 6.07) is 0. The van der Waals surface area contributed by atoms with Gasteiger partial charge in [-0.15, -0.1) is 0 Å². The molecule has 1 aliphatic rings. The Hall–Kier alpha value is -0.180. The average molecular weight is 173 g/mol. The van der Waals surface area contributed by atoms with E-state index in [1.165, 1.54) is 0 Å². The van der Waals surface area contributed by atoms with Gasteiger partial charge < -0.3 is 0 Å². The fourth-order valence-corrected chi connectivity index (χ4v) is 2.43. The second-order valence-electron chi connectivity index (χ2n) is 3.52. The molecule has 0 radical (unpaired) electrons. The van der Waals surface area contributed by atoms with E-state index in [1.54, 1.807) is 11.9 Å². The summed E-state index contributed by atoms with van der Waals surface area (Å²) in [6.45, 7) is 7.22. The molecule has 0 spiro atoms. The van der Waals surface area contributed by atoms with E-state index in [0.717, 1.165) is 13.0 Å². The summed E-state index contributed by atoms with van der Waals surface area (Å²) in [4.78, 5) is 11.3. The highest BCUT2D eigenvalue weighted by Crippen LogP contribution is 2.38. The number of hydrogen-bond acceptors (Lipinski definition) is 2. The van der Waals surface area contributed by atoms with E-state index in [2.05, 4.69) is 20.8 Å². The molecule has 0 aromatic rings. The molecule has 0 atom stereocenters. The van der Waals surface area contributed by atoms with Gasteiger partial charge in [0.1, 0.15) is 0 Å². The first-order chi connectivity index (χ1) is 5.05. The second kappa shape index (κ2) is 3.05. The normalized spacial score (nSPS) is 22.8. The van der Waals surface area contributed by atoms with Crippen LogP contribution in [0.1, 0.15) is 33.6 Å². The molecule has 0 saturated carbocycles. The van der Waals surface area contributed by atoms with E-state index in [9.17, 15) is 4.79 Å². The van der Waals surface area contributed by atoms with Gasteiger partial charge in [-0.25, -0.2) is 0 Å². The van der Waals surface area contributed by atoms with Crippen LogP contribution in [0.2, 0.25) is 0 Å². The van der Waals surface area contributed by atoms with Crippen LogP contribution < -0.4 is 0 Å². The van der Waals surface area contributed by atoms with Crippen LogP contribution in [0.15, 0.2) is 0 Å². The largest absolute Gasteiger partial charge is 0.286 e. The Labute approximate surface area is 72.5 Å². The quantitative estimate of drug-likeness (QED) is 0.596. The van der Waals surface area contributed by atoms with Crippen molar-refractivity contribution in [2.75, 3.05) is 6.54 Å². The molecule has 3 heteroatoms. The van der Waals surface area contributed by atoms with Crippen molar-refractivity contribution in [1.82, 2.24) is 4.31 Å². The van der Waals surface area contributed by atoms with E-state index in [0.29, 0.717) is 12.3 Å². The van der Waals surface area contributed by atoms with Crippen molar-refractivity contribution in [2.45, 2.75) is 38.4 Å². The average Bonchev–Trinajstić information content (AvgIpc) is 2.07. The third-order valence-corrected chi connectivity index (χ3v) is 2.88. The van der Waals surface area contributed by atoms with Crippen LogP contribution >= 0.6 is 11.9 Å². The van der Waals surface area contributed by atoms with Gasteiger partial charge in [-0.3, -0.25) is 9.10 Å². The lowest BCUT2D eigenvalue weighted by Gasteiger charge is -2.16. The maximum absolute atomic E-state index is 11.3. The molecular formula is C8H15NOS. The molecule has 1 saturated heterocycles. The second-order valence-corrected chi connectivity index (χ2v) is 5.25. The summed E-state index contributed by atoms with van der Waals surface area (Å²) < 4.78 is 2.02. The fourth-order valence-electron chi connectivity index (χ4n) is 1.21. The van der Waals surface area contributed by atoms with E-state index in [-0.39, 0.29) is 4.75 Å². The van der Waals surface area contributed by atoms with E-state index in [4.69, 9.17) is 0 Å². The minimum atomic E-state index is 0.131. The van der Waals surface area contributed by atoms with Gasteiger partial charge in [0, 0.05) is 17.7 Å². The first kappa shape index (κ1) is 8.91. The van der Waals surface area contributed by atoms with Crippen molar-refractivity contribution in [3.05, 3.63) is 0 Å². The zero-order chi connectivity index (χ0) is 8.48. The fraction of sp³-hybridized carbons (Fsp3) is 0.875. The van der Waals surface area contributed by atoms with Crippen molar-refractivity contribution < 1.29 is 4.79 Å². The number of carbonyl (C=O) groups is 1. The number of nitrogens with zero attached hydrogens (tertiary/aromatic N) is 1. The standard InChI is InChI=1S/C8H15NOS/c1-4-5-9-7(10)6-8(2,3)11-9/h4-6H2,1-3H3. The van der Waals surface area contributed by atoms with Crippen LogP contribution in [-0.2, 0) is 4.79 Å². The minimum Gasteiger partial charge on any atom is -0.286 e. The van der Waals surface area contributed by atoms with Crippen molar-refractivity contribution >= 4 is 17.9 Å². The van der Waals surface area contributed by atoms with Gasteiger partial charge in [0.2, 0.25) is 5.91 Å². The van der Waals surface area contributed by atoms with Crippen LogP contribution in [0, 0.1) is 0 Å². The number of rotatable bonds is 2. The van der Waals surface area contributed by atoms with E-state index < -0.39 is 0 Å². The molecule has 1 aliphatic heterocycles. The third kappa shape index (κ3) is 2.12. The molecule has 0 aromatic carbocycles. The molecule has 0 N–H and O–H groups in total. The van der Waals surface area contributed by atoms with Crippen LogP contribution in [0.25, 0.3) is 0 Å². The molecule has 0 bridgehead atoms. The molecular weight excluding hydrogens is 158 g/mol. The maximum Gasteiger partial charge on any atom is 0.233 e. The van der Waals surface area contributed by atoms with Crippen LogP contribution in [-0.4, -0.2) is 21.5 Å².